The number of aromatic nitrogens is 3. The summed E-state index contributed by atoms with van der Waals surface area (Å²) in [6.45, 7) is 5.85. The summed E-state index contributed by atoms with van der Waals surface area (Å²) in [5.41, 5.74) is 3.91. The van der Waals surface area contributed by atoms with Gasteiger partial charge in [0.1, 0.15) is 5.82 Å². The number of carbonyl (C=O) groups is 2. The Morgan fingerprint density at radius 2 is 1.84 bits per heavy atom. The maximum Gasteiger partial charge on any atom is 0.249 e. The molecule has 1 aliphatic heterocycles. The van der Waals surface area contributed by atoms with Crippen LogP contribution in [0.1, 0.15) is 42.9 Å². The monoisotopic (exact) mass is 500 g/mol. The Bertz CT molecular complexity index is 1240. The molecule has 3 heterocycles. The number of amides is 2. The summed E-state index contributed by atoms with van der Waals surface area (Å²) in [7, 11) is 0. The summed E-state index contributed by atoms with van der Waals surface area (Å²) in [5, 5.41) is 12.9. The lowest BCUT2D eigenvalue weighted by atomic mass is 9.97. The van der Waals surface area contributed by atoms with Gasteiger partial charge in [-0.15, -0.1) is 0 Å². The molecule has 0 bridgehead atoms. The Morgan fingerprint density at radius 3 is 2.54 bits per heavy atom. The van der Waals surface area contributed by atoms with Gasteiger partial charge in [0.15, 0.2) is 5.82 Å². The molecule has 37 heavy (non-hydrogen) atoms. The van der Waals surface area contributed by atoms with Crippen LogP contribution in [-0.4, -0.2) is 64.7 Å². The van der Waals surface area contributed by atoms with Gasteiger partial charge >= 0.3 is 0 Å². The molecule has 1 aromatic carbocycles. The van der Waals surface area contributed by atoms with Crippen molar-refractivity contribution in [3.05, 3.63) is 72.1 Å². The average Bonchev–Trinajstić information content (AvgIpc) is 3.68. The van der Waals surface area contributed by atoms with E-state index in [1.807, 2.05) is 49.4 Å². The van der Waals surface area contributed by atoms with E-state index in [4.69, 9.17) is 4.74 Å². The van der Waals surface area contributed by atoms with E-state index in [9.17, 15) is 9.59 Å². The second kappa shape index (κ2) is 11.5. The van der Waals surface area contributed by atoms with E-state index >= 15 is 0 Å². The predicted octanol–water partition coefficient (Wildman–Crippen LogP) is 3.92. The fourth-order valence-electron chi connectivity index (χ4n) is 4.25. The Labute approximate surface area is 216 Å². The lowest BCUT2D eigenvalue weighted by Crippen LogP contribution is -2.36. The maximum atomic E-state index is 12.7. The van der Waals surface area contributed by atoms with Gasteiger partial charge in [0, 0.05) is 55.1 Å². The summed E-state index contributed by atoms with van der Waals surface area (Å²) in [6.07, 6.45) is 7.49. The molecule has 1 unspecified atom stereocenters. The summed E-state index contributed by atoms with van der Waals surface area (Å²) < 4.78 is 5.33. The van der Waals surface area contributed by atoms with Crippen molar-refractivity contribution in [2.75, 3.05) is 43.5 Å². The fourth-order valence-corrected chi connectivity index (χ4v) is 4.25. The SMILES string of the molecule is CC(C(=O)Nc1cc(C2CC2)[nH]n1)c1ccc(-c2ccc(NC(=O)/C=C/CN3CCOCC3)nc2)cc1. The van der Waals surface area contributed by atoms with Gasteiger partial charge in [-0.2, -0.15) is 5.10 Å². The molecule has 2 aromatic heterocycles. The third kappa shape index (κ3) is 6.69. The first-order valence-corrected chi connectivity index (χ1v) is 12.8. The Kier molecular flexibility index (Phi) is 7.72. The number of benzene rings is 1. The molecular formula is C28H32N6O3. The molecule has 0 radical (unpaired) electrons. The molecular weight excluding hydrogens is 468 g/mol. The van der Waals surface area contributed by atoms with Crippen molar-refractivity contribution < 1.29 is 14.3 Å². The molecule has 9 nitrogen and oxygen atoms in total. The molecule has 2 fully saturated rings. The van der Waals surface area contributed by atoms with Gasteiger partial charge in [-0.3, -0.25) is 19.6 Å². The lowest BCUT2D eigenvalue weighted by Gasteiger charge is -2.24. The smallest absolute Gasteiger partial charge is 0.249 e. The number of nitrogens with zero attached hydrogens (tertiary/aromatic N) is 3. The normalized spacial score (nSPS) is 17.0. The second-order valence-corrected chi connectivity index (χ2v) is 9.55. The summed E-state index contributed by atoms with van der Waals surface area (Å²) in [6, 6.07) is 13.5. The first-order chi connectivity index (χ1) is 18.0. The Morgan fingerprint density at radius 1 is 1.08 bits per heavy atom. The molecule has 1 saturated heterocycles. The first kappa shape index (κ1) is 24.9. The van der Waals surface area contributed by atoms with E-state index < -0.39 is 0 Å². The van der Waals surface area contributed by atoms with Gasteiger partial charge in [0.25, 0.3) is 0 Å². The van der Waals surface area contributed by atoms with E-state index in [1.54, 1.807) is 18.3 Å². The average molecular weight is 501 g/mol. The van der Waals surface area contributed by atoms with Gasteiger partial charge in [0.05, 0.1) is 19.1 Å². The second-order valence-electron chi connectivity index (χ2n) is 9.55. The number of anilines is 2. The minimum Gasteiger partial charge on any atom is -0.379 e. The van der Waals surface area contributed by atoms with Crippen LogP contribution in [0.5, 0.6) is 0 Å². The van der Waals surface area contributed by atoms with E-state index in [2.05, 4.69) is 30.7 Å². The quantitative estimate of drug-likeness (QED) is 0.384. The van der Waals surface area contributed by atoms with Crippen molar-refractivity contribution in [3.63, 3.8) is 0 Å². The molecule has 2 amide bonds. The zero-order valence-electron chi connectivity index (χ0n) is 20.9. The minimum absolute atomic E-state index is 0.0950. The molecule has 5 rings (SSSR count). The van der Waals surface area contributed by atoms with Crippen LogP contribution in [0.15, 0.2) is 60.8 Å². The van der Waals surface area contributed by atoms with Gasteiger partial charge in [-0.05, 0) is 43.0 Å². The van der Waals surface area contributed by atoms with Crippen LogP contribution in [0.2, 0.25) is 0 Å². The number of hydrogen-bond acceptors (Lipinski definition) is 6. The largest absolute Gasteiger partial charge is 0.379 e. The van der Waals surface area contributed by atoms with Crippen molar-refractivity contribution in [2.45, 2.75) is 31.6 Å². The number of hydrogen-bond donors (Lipinski definition) is 3. The summed E-state index contributed by atoms with van der Waals surface area (Å²) >= 11 is 0. The van der Waals surface area contributed by atoms with Crippen molar-refractivity contribution >= 4 is 23.5 Å². The van der Waals surface area contributed by atoms with Gasteiger partial charge in [-0.25, -0.2) is 4.98 Å². The highest BCUT2D eigenvalue weighted by atomic mass is 16.5. The highest BCUT2D eigenvalue weighted by molar-refractivity contribution is 5.98. The summed E-state index contributed by atoms with van der Waals surface area (Å²) in [4.78, 5) is 31.5. The lowest BCUT2D eigenvalue weighted by molar-refractivity contribution is -0.117. The van der Waals surface area contributed by atoms with E-state index in [1.165, 1.54) is 12.8 Å². The van der Waals surface area contributed by atoms with Crippen LogP contribution in [-0.2, 0) is 14.3 Å². The number of ether oxygens (including phenoxy) is 1. The van der Waals surface area contributed by atoms with E-state index in [0.717, 1.165) is 55.2 Å². The van der Waals surface area contributed by atoms with Gasteiger partial charge < -0.3 is 15.4 Å². The minimum atomic E-state index is -0.317. The number of nitrogens with one attached hydrogen (secondary N) is 3. The number of carbonyl (C=O) groups excluding carboxylic acids is 2. The Balaban J connectivity index is 1.12. The van der Waals surface area contributed by atoms with E-state index in [0.29, 0.717) is 17.6 Å². The van der Waals surface area contributed by atoms with Crippen LogP contribution in [0.4, 0.5) is 11.6 Å². The van der Waals surface area contributed by atoms with Crippen LogP contribution >= 0.6 is 0 Å². The van der Waals surface area contributed by atoms with Crippen molar-refractivity contribution in [3.8, 4) is 11.1 Å². The van der Waals surface area contributed by atoms with Crippen LogP contribution in [0, 0.1) is 0 Å². The van der Waals surface area contributed by atoms with Gasteiger partial charge in [0.2, 0.25) is 11.8 Å². The summed E-state index contributed by atoms with van der Waals surface area (Å²) in [5.74, 6) is 1.01. The Hall–Kier alpha value is -3.82. The fraction of sp³-hybridized carbons (Fsp3) is 0.357. The molecule has 1 aliphatic carbocycles. The number of morpholine rings is 1. The van der Waals surface area contributed by atoms with Crippen LogP contribution in [0.3, 0.4) is 0 Å². The van der Waals surface area contributed by atoms with Gasteiger partial charge in [-0.1, -0.05) is 30.3 Å². The predicted molar refractivity (Wildman–Crippen MR) is 142 cm³/mol. The molecule has 1 atom stereocenters. The third-order valence-corrected chi connectivity index (χ3v) is 6.75. The molecule has 1 saturated carbocycles. The van der Waals surface area contributed by atoms with E-state index in [-0.39, 0.29) is 17.7 Å². The molecule has 192 valence electrons. The zero-order chi connectivity index (χ0) is 25.6. The van der Waals surface area contributed by atoms with Crippen molar-refractivity contribution in [1.82, 2.24) is 20.1 Å². The maximum absolute atomic E-state index is 12.7. The highest BCUT2D eigenvalue weighted by Crippen LogP contribution is 2.39. The topological polar surface area (TPSA) is 112 Å². The molecule has 9 heteroatoms. The van der Waals surface area contributed by atoms with Crippen molar-refractivity contribution in [1.29, 1.82) is 0 Å². The van der Waals surface area contributed by atoms with Crippen LogP contribution < -0.4 is 10.6 Å². The van der Waals surface area contributed by atoms with Crippen molar-refractivity contribution in [2.24, 2.45) is 0 Å². The first-order valence-electron chi connectivity index (χ1n) is 12.8. The number of aromatic amines is 1. The molecule has 3 aromatic rings. The highest BCUT2D eigenvalue weighted by Gasteiger charge is 2.26. The number of H-pyrrole nitrogens is 1. The molecule has 2 aliphatic rings. The number of pyridine rings is 1. The van der Waals surface area contributed by atoms with Crippen LogP contribution in [0.25, 0.3) is 11.1 Å². The molecule has 3 N–H and O–H groups in total. The molecule has 0 spiro atoms. The third-order valence-electron chi connectivity index (χ3n) is 6.75. The standard InChI is InChI=1S/C28H32N6O3/c1-19(28(36)31-26-17-24(32-33-26)22-8-9-22)20-4-6-21(7-5-20)23-10-11-25(29-18-23)30-27(35)3-2-12-34-13-15-37-16-14-34/h2-7,10-11,17-19,22H,8-9,12-16H2,1H3,(H,29,30,35)(H2,31,32,33,36)/b3-2+. The zero-order valence-corrected chi connectivity index (χ0v) is 20.9. The number of rotatable bonds is 9.